The largest absolute Gasteiger partial charge is 0.0622 e. The van der Waals surface area contributed by atoms with Gasteiger partial charge in [0.2, 0.25) is 0 Å². The van der Waals surface area contributed by atoms with Crippen LogP contribution in [0.3, 0.4) is 0 Å². The molecule has 0 amide bonds. The molecule has 0 nitrogen and oxygen atoms in total. The Labute approximate surface area is 51.3 Å². The fourth-order valence-corrected chi connectivity index (χ4v) is 2.39. The molecule has 8 heavy (non-hydrogen) atoms. The second-order valence-corrected chi connectivity index (χ2v) is 3.56. The van der Waals surface area contributed by atoms with Gasteiger partial charge in [-0.05, 0) is 37.0 Å². The Balaban J connectivity index is 2.05. The van der Waals surface area contributed by atoms with Gasteiger partial charge in [0, 0.05) is 0 Å². The minimum absolute atomic E-state index is 1.08. The highest BCUT2D eigenvalue weighted by Gasteiger charge is 2.39. The Bertz CT molecular complexity index is 90.2. The molecule has 2 aliphatic carbocycles. The van der Waals surface area contributed by atoms with Crippen molar-refractivity contribution in [1.29, 1.82) is 0 Å². The third kappa shape index (κ3) is 0.463. The van der Waals surface area contributed by atoms with Gasteiger partial charge in [-0.15, -0.1) is 0 Å². The van der Waals surface area contributed by atoms with Gasteiger partial charge >= 0.3 is 0 Å². The van der Waals surface area contributed by atoms with E-state index in [9.17, 15) is 0 Å². The Morgan fingerprint density at radius 3 is 2.00 bits per heavy atom. The van der Waals surface area contributed by atoms with Crippen LogP contribution in [0.1, 0.15) is 32.6 Å². The molecule has 0 heteroatoms. The summed E-state index contributed by atoms with van der Waals surface area (Å²) in [6.45, 7) is 2.42. The highest BCUT2D eigenvalue weighted by atomic mass is 14.4. The van der Waals surface area contributed by atoms with Crippen LogP contribution in [-0.4, -0.2) is 0 Å². The van der Waals surface area contributed by atoms with E-state index in [1.54, 1.807) is 19.3 Å². The molecule has 0 spiro atoms. The van der Waals surface area contributed by atoms with E-state index in [0.29, 0.717) is 0 Å². The standard InChI is InChI=1S/C8H14/c1-6-2-3-7-4-5-8(6)7/h6-8H,2-5H2,1H3/t6-,7+,8+/m1/s1. The first-order valence-electron chi connectivity index (χ1n) is 3.88. The highest BCUT2D eigenvalue weighted by Crippen LogP contribution is 2.49. The van der Waals surface area contributed by atoms with E-state index in [-0.39, 0.29) is 0 Å². The number of rotatable bonds is 0. The van der Waals surface area contributed by atoms with Crippen molar-refractivity contribution in [2.45, 2.75) is 32.6 Å². The van der Waals surface area contributed by atoms with Crippen molar-refractivity contribution in [2.24, 2.45) is 17.8 Å². The fourth-order valence-electron chi connectivity index (χ4n) is 2.39. The van der Waals surface area contributed by atoms with Crippen LogP contribution in [0.5, 0.6) is 0 Å². The molecule has 0 aromatic rings. The van der Waals surface area contributed by atoms with Crippen LogP contribution in [-0.2, 0) is 0 Å². The predicted molar refractivity (Wildman–Crippen MR) is 34.6 cm³/mol. The quantitative estimate of drug-likeness (QED) is 0.449. The molecular weight excluding hydrogens is 96.1 g/mol. The second kappa shape index (κ2) is 1.49. The molecule has 2 aliphatic rings. The molecule has 0 unspecified atom stereocenters. The molecule has 2 saturated carbocycles. The SMILES string of the molecule is C[C@@H]1CC[C@H]2CC[C@H]21. The Morgan fingerprint density at radius 2 is 1.75 bits per heavy atom. The lowest BCUT2D eigenvalue weighted by Gasteiger charge is -2.32. The summed E-state index contributed by atoms with van der Waals surface area (Å²) in [4.78, 5) is 0. The van der Waals surface area contributed by atoms with E-state index < -0.39 is 0 Å². The van der Waals surface area contributed by atoms with E-state index in [1.165, 1.54) is 12.3 Å². The molecule has 46 valence electrons. The molecule has 2 rings (SSSR count). The summed E-state index contributed by atoms with van der Waals surface area (Å²) < 4.78 is 0. The van der Waals surface area contributed by atoms with Crippen LogP contribution < -0.4 is 0 Å². The summed E-state index contributed by atoms with van der Waals surface area (Å²) in [5, 5.41) is 0. The zero-order valence-electron chi connectivity index (χ0n) is 5.56. The van der Waals surface area contributed by atoms with Crippen LogP contribution in [0.4, 0.5) is 0 Å². The average Bonchev–Trinajstić information content (AvgIpc) is 1.80. The van der Waals surface area contributed by atoms with Gasteiger partial charge in [-0.25, -0.2) is 0 Å². The van der Waals surface area contributed by atoms with Gasteiger partial charge in [0.25, 0.3) is 0 Å². The van der Waals surface area contributed by atoms with Crippen LogP contribution in [0.15, 0.2) is 0 Å². The Hall–Kier alpha value is 0. The summed E-state index contributed by atoms with van der Waals surface area (Å²) in [6.07, 6.45) is 6.17. The molecule has 0 saturated heterocycles. The maximum Gasteiger partial charge on any atom is -0.0360 e. The van der Waals surface area contributed by atoms with E-state index in [2.05, 4.69) is 6.92 Å². The van der Waals surface area contributed by atoms with Crippen molar-refractivity contribution in [2.75, 3.05) is 0 Å². The van der Waals surface area contributed by atoms with Crippen molar-refractivity contribution in [3.8, 4) is 0 Å². The van der Waals surface area contributed by atoms with Gasteiger partial charge in [0.05, 0.1) is 0 Å². The molecule has 0 aromatic carbocycles. The van der Waals surface area contributed by atoms with Crippen molar-refractivity contribution < 1.29 is 0 Å². The lowest BCUT2D eigenvalue weighted by Crippen LogP contribution is -2.23. The smallest absolute Gasteiger partial charge is 0.0360 e. The third-order valence-corrected chi connectivity index (χ3v) is 3.20. The van der Waals surface area contributed by atoms with Crippen molar-refractivity contribution in [3.05, 3.63) is 0 Å². The summed E-state index contributed by atoms with van der Waals surface area (Å²) in [5.41, 5.74) is 0. The third-order valence-electron chi connectivity index (χ3n) is 3.20. The monoisotopic (exact) mass is 110 g/mol. The molecule has 0 radical (unpaired) electrons. The lowest BCUT2D eigenvalue weighted by molar-refractivity contribution is 0.180. The summed E-state index contributed by atoms with van der Waals surface area (Å²) in [7, 11) is 0. The molecule has 0 heterocycles. The van der Waals surface area contributed by atoms with Crippen molar-refractivity contribution in [3.63, 3.8) is 0 Å². The zero-order chi connectivity index (χ0) is 5.56. The molecule has 0 N–H and O–H groups in total. The number of fused-ring (bicyclic) bond motifs is 1. The maximum atomic E-state index is 2.42. The van der Waals surface area contributed by atoms with Gasteiger partial charge < -0.3 is 0 Å². The van der Waals surface area contributed by atoms with E-state index in [1.807, 2.05) is 0 Å². The predicted octanol–water partition coefficient (Wildman–Crippen LogP) is 2.44. The second-order valence-electron chi connectivity index (χ2n) is 3.56. The molecular formula is C8H14. The van der Waals surface area contributed by atoms with Crippen LogP contribution in [0, 0.1) is 17.8 Å². The molecule has 0 bridgehead atoms. The first-order chi connectivity index (χ1) is 3.88. The topological polar surface area (TPSA) is 0 Å². The van der Waals surface area contributed by atoms with Crippen LogP contribution in [0.25, 0.3) is 0 Å². The fraction of sp³-hybridized carbons (Fsp3) is 1.00. The molecule has 0 aliphatic heterocycles. The first kappa shape index (κ1) is 4.84. The maximum absolute atomic E-state index is 2.42. The number of hydrogen-bond acceptors (Lipinski definition) is 0. The van der Waals surface area contributed by atoms with Gasteiger partial charge in [-0.2, -0.15) is 0 Å². The highest BCUT2D eigenvalue weighted by molar-refractivity contribution is 4.89. The van der Waals surface area contributed by atoms with Crippen LogP contribution in [0.2, 0.25) is 0 Å². The lowest BCUT2D eigenvalue weighted by atomic mass is 9.73. The summed E-state index contributed by atoms with van der Waals surface area (Å²) in [5.74, 6) is 3.41. The van der Waals surface area contributed by atoms with E-state index in [4.69, 9.17) is 0 Å². The average molecular weight is 110 g/mol. The van der Waals surface area contributed by atoms with Gasteiger partial charge in [-0.1, -0.05) is 13.3 Å². The zero-order valence-corrected chi connectivity index (χ0v) is 5.56. The van der Waals surface area contributed by atoms with Crippen LogP contribution >= 0.6 is 0 Å². The van der Waals surface area contributed by atoms with Gasteiger partial charge in [0.15, 0.2) is 0 Å². The molecule has 0 aromatic heterocycles. The minimum Gasteiger partial charge on any atom is -0.0622 e. The van der Waals surface area contributed by atoms with Gasteiger partial charge in [0.1, 0.15) is 0 Å². The summed E-state index contributed by atoms with van der Waals surface area (Å²) in [6, 6.07) is 0. The first-order valence-corrected chi connectivity index (χ1v) is 3.88. The van der Waals surface area contributed by atoms with E-state index >= 15 is 0 Å². The normalized spacial score (nSPS) is 52.9. The summed E-state index contributed by atoms with van der Waals surface area (Å²) >= 11 is 0. The minimum atomic E-state index is 1.08. The van der Waals surface area contributed by atoms with Crippen molar-refractivity contribution in [1.82, 2.24) is 0 Å². The van der Waals surface area contributed by atoms with Crippen molar-refractivity contribution >= 4 is 0 Å². The van der Waals surface area contributed by atoms with Gasteiger partial charge in [-0.3, -0.25) is 0 Å². The Morgan fingerprint density at radius 1 is 1.00 bits per heavy atom. The van der Waals surface area contributed by atoms with E-state index in [0.717, 1.165) is 11.8 Å². The number of hydrogen-bond donors (Lipinski definition) is 0. The molecule has 2 fully saturated rings. The Kier molecular flexibility index (Phi) is 0.902. The molecule has 3 atom stereocenters.